The second-order valence-corrected chi connectivity index (χ2v) is 3.37. The third kappa shape index (κ3) is 1.13. The molecule has 1 aliphatic carbocycles. The molecule has 0 N–H and O–H groups in total. The number of hydrogen-bond donors (Lipinski definition) is 0. The summed E-state index contributed by atoms with van der Waals surface area (Å²) in [6.07, 6.45) is 0. The molecule has 6 heteroatoms. The second-order valence-electron chi connectivity index (χ2n) is 3.37. The Kier molecular flexibility index (Phi) is 3.51. The van der Waals surface area contributed by atoms with Crippen molar-refractivity contribution < 1.29 is 18.9 Å². The Morgan fingerprint density at radius 3 is 1.12 bits per heavy atom. The van der Waals surface area contributed by atoms with E-state index in [0.29, 0.717) is 0 Å². The highest BCUT2D eigenvalue weighted by atomic mass is 16.8. The fraction of sp³-hybridized carbons (Fsp3) is 0.800. The molecule has 1 aliphatic rings. The van der Waals surface area contributed by atoms with Crippen LogP contribution < -0.4 is 0 Å². The zero-order chi connectivity index (χ0) is 12.4. The van der Waals surface area contributed by atoms with E-state index in [1.54, 1.807) is 0 Å². The maximum absolute atomic E-state index is 9.04. The molecule has 16 heavy (non-hydrogen) atoms. The summed E-state index contributed by atoms with van der Waals surface area (Å²) >= 11 is 0. The van der Waals surface area contributed by atoms with Crippen LogP contribution in [0.25, 0.3) is 0 Å². The van der Waals surface area contributed by atoms with Crippen LogP contribution in [0, 0.1) is 34.5 Å². The molecule has 0 spiro atoms. The molecular weight excluding hydrogens is 212 g/mol. The highest BCUT2D eigenvalue weighted by Gasteiger charge is 2.77. The van der Waals surface area contributed by atoms with E-state index in [2.05, 4.69) is 0 Å². The minimum Gasteiger partial charge on any atom is -0.348 e. The van der Waals surface area contributed by atoms with E-state index in [9.17, 15) is 0 Å². The molecule has 0 saturated heterocycles. The summed E-state index contributed by atoms with van der Waals surface area (Å²) < 4.78 is 20.8. The van der Waals surface area contributed by atoms with Crippen molar-refractivity contribution in [2.24, 2.45) is 11.8 Å². The molecule has 0 aromatic carbocycles. The fourth-order valence-electron chi connectivity index (χ4n) is 2.34. The number of ether oxygens (including phenoxy) is 4. The molecule has 2 atom stereocenters. The predicted molar refractivity (Wildman–Crippen MR) is 51.7 cm³/mol. The Labute approximate surface area is 94.3 Å². The van der Waals surface area contributed by atoms with Crippen molar-refractivity contribution >= 4 is 0 Å². The second kappa shape index (κ2) is 4.36. The van der Waals surface area contributed by atoms with Gasteiger partial charge in [-0.05, 0) is 0 Å². The normalized spacial score (nSPS) is 29.9. The van der Waals surface area contributed by atoms with Gasteiger partial charge in [-0.2, -0.15) is 10.5 Å². The van der Waals surface area contributed by atoms with E-state index in [-0.39, 0.29) is 0 Å². The van der Waals surface area contributed by atoms with Gasteiger partial charge in [0.1, 0.15) is 11.8 Å². The summed E-state index contributed by atoms with van der Waals surface area (Å²) in [6.45, 7) is 0. The molecule has 1 saturated carbocycles. The van der Waals surface area contributed by atoms with Gasteiger partial charge in [-0.25, -0.2) is 0 Å². The summed E-state index contributed by atoms with van der Waals surface area (Å²) in [5, 5.41) is 18.1. The topological polar surface area (TPSA) is 84.5 Å². The molecule has 0 aliphatic heterocycles. The highest BCUT2D eigenvalue weighted by Crippen LogP contribution is 2.56. The molecule has 0 aromatic heterocycles. The van der Waals surface area contributed by atoms with Crippen LogP contribution in [0.15, 0.2) is 0 Å². The number of methoxy groups -OCH3 is 4. The van der Waals surface area contributed by atoms with Crippen LogP contribution in [-0.2, 0) is 18.9 Å². The Morgan fingerprint density at radius 1 is 0.750 bits per heavy atom. The number of nitriles is 2. The van der Waals surface area contributed by atoms with Crippen LogP contribution in [0.1, 0.15) is 0 Å². The van der Waals surface area contributed by atoms with Gasteiger partial charge in [-0.3, -0.25) is 0 Å². The molecule has 1 fully saturated rings. The minimum atomic E-state index is -1.37. The van der Waals surface area contributed by atoms with E-state index in [4.69, 9.17) is 29.5 Å². The van der Waals surface area contributed by atoms with E-state index in [1.165, 1.54) is 28.4 Å². The van der Waals surface area contributed by atoms with E-state index >= 15 is 0 Å². The third-order valence-electron chi connectivity index (χ3n) is 3.13. The van der Waals surface area contributed by atoms with Crippen molar-refractivity contribution in [3.05, 3.63) is 0 Å². The van der Waals surface area contributed by atoms with Gasteiger partial charge >= 0.3 is 0 Å². The molecule has 2 unspecified atom stereocenters. The lowest BCUT2D eigenvalue weighted by Gasteiger charge is -2.59. The Bertz CT molecular complexity index is 302. The molecule has 0 bridgehead atoms. The summed E-state index contributed by atoms with van der Waals surface area (Å²) in [5.41, 5.74) is 0. The largest absolute Gasteiger partial charge is 0.348 e. The van der Waals surface area contributed by atoms with Gasteiger partial charge in [0.2, 0.25) is 11.6 Å². The molecule has 0 aromatic rings. The van der Waals surface area contributed by atoms with E-state index in [1.807, 2.05) is 12.1 Å². The Hall–Kier alpha value is -1.18. The monoisotopic (exact) mass is 226 g/mol. The molecule has 1 rings (SSSR count). The van der Waals surface area contributed by atoms with Gasteiger partial charge in [0, 0.05) is 28.4 Å². The van der Waals surface area contributed by atoms with Gasteiger partial charge < -0.3 is 18.9 Å². The lowest BCUT2D eigenvalue weighted by Crippen LogP contribution is -2.78. The molecule has 88 valence electrons. The number of rotatable bonds is 4. The van der Waals surface area contributed by atoms with Crippen molar-refractivity contribution in [1.82, 2.24) is 0 Å². The standard InChI is InChI=1S/C10H14N2O4/c1-13-9(14-2)7(5-11)8(6-12)10(9,15-3)16-4/h7-8H,1-4H3. The summed E-state index contributed by atoms with van der Waals surface area (Å²) in [5.74, 6) is -4.25. The minimum absolute atomic E-state index is 0.757. The fourth-order valence-corrected chi connectivity index (χ4v) is 2.34. The average Bonchev–Trinajstić information content (AvgIpc) is 2.31. The highest BCUT2D eigenvalue weighted by molar-refractivity contribution is 5.25. The van der Waals surface area contributed by atoms with Crippen molar-refractivity contribution in [3.63, 3.8) is 0 Å². The lowest BCUT2D eigenvalue weighted by atomic mass is 9.63. The maximum atomic E-state index is 9.04. The zero-order valence-electron chi connectivity index (χ0n) is 9.68. The first-order chi connectivity index (χ1) is 7.63. The van der Waals surface area contributed by atoms with Gasteiger partial charge in [0.05, 0.1) is 12.1 Å². The quantitative estimate of drug-likeness (QED) is 0.639. The number of nitrogens with zero attached hydrogens (tertiary/aromatic N) is 2. The van der Waals surface area contributed by atoms with Crippen molar-refractivity contribution in [3.8, 4) is 12.1 Å². The summed E-state index contributed by atoms with van der Waals surface area (Å²) in [7, 11) is 5.53. The van der Waals surface area contributed by atoms with Crippen LogP contribution in [0.4, 0.5) is 0 Å². The maximum Gasteiger partial charge on any atom is 0.242 e. The van der Waals surface area contributed by atoms with Crippen LogP contribution in [0.3, 0.4) is 0 Å². The summed E-state index contributed by atoms with van der Waals surface area (Å²) in [6, 6.07) is 3.97. The molecule has 0 radical (unpaired) electrons. The van der Waals surface area contributed by atoms with Gasteiger partial charge in [0.25, 0.3) is 0 Å². The van der Waals surface area contributed by atoms with Crippen molar-refractivity contribution in [1.29, 1.82) is 10.5 Å². The van der Waals surface area contributed by atoms with E-state index in [0.717, 1.165) is 0 Å². The first kappa shape index (κ1) is 12.9. The van der Waals surface area contributed by atoms with Crippen LogP contribution in [0.2, 0.25) is 0 Å². The molecule has 6 nitrogen and oxygen atoms in total. The molecule has 0 heterocycles. The Balaban J connectivity index is 3.24. The first-order valence-electron chi connectivity index (χ1n) is 4.63. The number of hydrogen-bond acceptors (Lipinski definition) is 6. The molecular formula is C10H14N2O4. The van der Waals surface area contributed by atoms with Crippen molar-refractivity contribution in [2.45, 2.75) is 11.6 Å². The van der Waals surface area contributed by atoms with Crippen molar-refractivity contribution in [2.75, 3.05) is 28.4 Å². The average molecular weight is 226 g/mol. The van der Waals surface area contributed by atoms with Crippen LogP contribution in [0.5, 0.6) is 0 Å². The smallest absolute Gasteiger partial charge is 0.242 e. The SMILES string of the molecule is COC1(OC)C(C#N)C(C#N)C1(OC)OC. The first-order valence-corrected chi connectivity index (χ1v) is 4.63. The molecule has 0 amide bonds. The van der Waals surface area contributed by atoms with Crippen LogP contribution >= 0.6 is 0 Å². The Morgan fingerprint density at radius 2 is 1.00 bits per heavy atom. The van der Waals surface area contributed by atoms with Gasteiger partial charge in [-0.1, -0.05) is 0 Å². The van der Waals surface area contributed by atoms with Crippen LogP contribution in [-0.4, -0.2) is 40.0 Å². The third-order valence-corrected chi connectivity index (χ3v) is 3.13. The predicted octanol–water partition coefficient (Wildman–Crippen LogP) is 0.258. The summed E-state index contributed by atoms with van der Waals surface area (Å²) in [4.78, 5) is 0. The van der Waals surface area contributed by atoms with Gasteiger partial charge in [-0.15, -0.1) is 0 Å². The van der Waals surface area contributed by atoms with E-state index < -0.39 is 23.4 Å². The lowest BCUT2D eigenvalue weighted by molar-refractivity contribution is -0.471. The van der Waals surface area contributed by atoms with Gasteiger partial charge in [0.15, 0.2) is 0 Å². The zero-order valence-corrected chi connectivity index (χ0v) is 9.68.